The van der Waals surface area contributed by atoms with Crippen molar-refractivity contribution in [1.29, 1.82) is 0 Å². The molecule has 3 rings (SSSR count). The maximum absolute atomic E-state index is 12.9. The summed E-state index contributed by atoms with van der Waals surface area (Å²) in [5.74, 6) is -1.76. The van der Waals surface area contributed by atoms with Crippen LogP contribution in [0.5, 0.6) is 0 Å². The number of halogens is 1. The van der Waals surface area contributed by atoms with Crippen LogP contribution in [0.4, 0.5) is 5.69 Å². The summed E-state index contributed by atoms with van der Waals surface area (Å²) in [5, 5.41) is 25.9. The molecule has 0 radical (unpaired) electrons. The Hall–Kier alpha value is -3.78. The minimum atomic E-state index is -1.08. The topological polar surface area (TPSA) is 158 Å². The highest BCUT2D eigenvalue weighted by atomic mass is 35.5. The molecule has 0 aliphatic carbocycles. The molecule has 0 unspecified atom stereocenters. The van der Waals surface area contributed by atoms with Crippen molar-refractivity contribution in [3.8, 4) is 5.69 Å². The zero-order chi connectivity index (χ0) is 25.9. The van der Waals surface area contributed by atoms with Crippen molar-refractivity contribution in [2.45, 2.75) is 12.5 Å². The monoisotopic (exact) mass is 532 g/mol. The van der Waals surface area contributed by atoms with Crippen molar-refractivity contribution in [3.05, 3.63) is 71.0 Å². The Morgan fingerprint density at radius 1 is 1.22 bits per heavy atom. The quantitative estimate of drug-likeness (QED) is 0.104. The van der Waals surface area contributed by atoms with Gasteiger partial charge in [-0.05, 0) is 65.4 Å². The number of amides is 2. The van der Waals surface area contributed by atoms with E-state index < -0.39 is 23.8 Å². The highest BCUT2D eigenvalue weighted by Gasteiger charge is 2.20. The SMILES string of the molecule is COOSCC[C@H](NC(=O)C=Cc1cc(Cl)ccc1-n1cnnn1)C(=O)Nc1ccc(C(=O)O)cc1. The van der Waals surface area contributed by atoms with E-state index in [1.165, 1.54) is 54.5 Å². The van der Waals surface area contributed by atoms with Gasteiger partial charge in [0.05, 0.1) is 18.4 Å². The predicted molar refractivity (Wildman–Crippen MR) is 132 cm³/mol. The number of aromatic carboxylic acids is 1. The van der Waals surface area contributed by atoms with E-state index in [4.69, 9.17) is 21.0 Å². The molecule has 1 aromatic heterocycles. The first-order valence-corrected chi connectivity index (χ1v) is 11.6. The molecular formula is C22H21ClN6O6S. The van der Waals surface area contributed by atoms with Gasteiger partial charge < -0.3 is 15.7 Å². The van der Waals surface area contributed by atoms with Crippen LogP contribution in [0.3, 0.4) is 0 Å². The number of hydrogen-bond acceptors (Lipinski definition) is 9. The Morgan fingerprint density at radius 3 is 2.67 bits per heavy atom. The van der Waals surface area contributed by atoms with E-state index >= 15 is 0 Å². The fraction of sp³-hybridized carbons (Fsp3) is 0.182. The lowest BCUT2D eigenvalue weighted by Crippen LogP contribution is -2.43. The van der Waals surface area contributed by atoms with Gasteiger partial charge in [-0.2, -0.15) is 9.02 Å². The molecule has 3 aromatic rings. The maximum atomic E-state index is 12.9. The molecule has 2 aromatic carbocycles. The number of tetrazole rings is 1. The van der Waals surface area contributed by atoms with Gasteiger partial charge in [-0.15, -0.1) is 5.10 Å². The number of nitrogens with zero attached hydrogens (tertiary/aromatic N) is 4. The molecule has 0 saturated heterocycles. The van der Waals surface area contributed by atoms with E-state index in [9.17, 15) is 14.4 Å². The number of nitrogens with one attached hydrogen (secondary N) is 2. The van der Waals surface area contributed by atoms with Crippen molar-refractivity contribution < 1.29 is 28.7 Å². The number of benzene rings is 2. The van der Waals surface area contributed by atoms with Crippen molar-refractivity contribution in [2.24, 2.45) is 0 Å². The number of carbonyl (C=O) groups excluding carboxylic acids is 2. The zero-order valence-corrected chi connectivity index (χ0v) is 20.4. The van der Waals surface area contributed by atoms with Crippen LogP contribution < -0.4 is 10.6 Å². The summed E-state index contributed by atoms with van der Waals surface area (Å²) in [6.07, 6.45) is 4.42. The third-order valence-electron chi connectivity index (χ3n) is 4.64. The first-order valence-electron chi connectivity index (χ1n) is 10.4. The van der Waals surface area contributed by atoms with E-state index in [1.54, 1.807) is 18.2 Å². The molecule has 36 heavy (non-hydrogen) atoms. The number of rotatable bonds is 12. The van der Waals surface area contributed by atoms with E-state index in [0.29, 0.717) is 27.7 Å². The summed E-state index contributed by atoms with van der Waals surface area (Å²) < 4.78 is 6.18. The predicted octanol–water partition coefficient (Wildman–Crippen LogP) is 2.77. The lowest BCUT2D eigenvalue weighted by atomic mass is 10.1. The van der Waals surface area contributed by atoms with E-state index in [0.717, 1.165) is 12.0 Å². The summed E-state index contributed by atoms with van der Waals surface area (Å²) >= 11 is 7.08. The Labute approximate surface area is 214 Å². The fourth-order valence-electron chi connectivity index (χ4n) is 2.97. The van der Waals surface area contributed by atoms with Crippen molar-refractivity contribution in [1.82, 2.24) is 25.5 Å². The van der Waals surface area contributed by atoms with E-state index in [1.807, 2.05) is 0 Å². The smallest absolute Gasteiger partial charge is 0.335 e. The Bertz CT molecular complexity index is 1220. The number of carbonyl (C=O) groups is 3. The van der Waals surface area contributed by atoms with Crippen LogP contribution in [-0.4, -0.2) is 62.0 Å². The Morgan fingerprint density at radius 2 is 2.00 bits per heavy atom. The van der Waals surface area contributed by atoms with Gasteiger partial charge in [0.1, 0.15) is 12.4 Å². The molecule has 0 saturated carbocycles. The molecule has 1 heterocycles. The number of carboxylic acid groups (broad SMARTS) is 1. The maximum Gasteiger partial charge on any atom is 0.335 e. The molecule has 0 spiro atoms. The summed E-state index contributed by atoms with van der Waals surface area (Å²) in [5.41, 5.74) is 1.64. The molecule has 0 aliphatic heterocycles. The van der Waals surface area contributed by atoms with Crippen LogP contribution in [0, 0.1) is 0 Å². The fourth-order valence-corrected chi connectivity index (χ4v) is 3.64. The third-order valence-corrected chi connectivity index (χ3v) is 5.51. The number of aromatic nitrogens is 4. The normalized spacial score (nSPS) is 11.8. The third kappa shape index (κ3) is 7.88. The average Bonchev–Trinajstić information content (AvgIpc) is 3.39. The first-order chi connectivity index (χ1) is 17.4. The van der Waals surface area contributed by atoms with Gasteiger partial charge in [0.25, 0.3) is 0 Å². The summed E-state index contributed by atoms with van der Waals surface area (Å²) in [7, 11) is 1.35. The molecule has 14 heteroatoms. The van der Waals surface area contributed by atoms with Crippen LogP contribution in [0.1, 0.15) is 22.3 Å². The minimum absolute atomic E-state index is 0.0816. The molecular weight excluding hydrogens is 512 g/mol. The van der Waals surface area contributed by atoms with Gasteiger partial charge in [-0.25, -0.2) is 9.68 Å². The molecule has 3 N–H and O–H groups in total. The van der Waals surface area contributed by atoms with Gasteiger partial charge in [-0.3, -0.25) is 9.59 Å². The number of carboxylic acids is 1. The van der Waals surface area contributed by atoms with Gasteiger partial charge in [0, 0.05) is 40.1 Å². The standard InChI is InChI=1S/C22H21ClN6O6S/c1-34-35-36-11-10-18(21(31)25-17-6-2-14(3-7-17)22(32)33)26-20(30)9-4-15-12-16(23)5-8-19(15)29-13-24-27-28-29/h2-9,12-13,18H,10-11H2,1H3,(H,25,31)(H,26,30)(H,32,33)/t18-/m0/s1. The molecule has 188 valence electrons. The van der Waals surface area contributed by atoms with E-state index in [2.05, 4.69) is 31.0 Å². The lowest BCUT2D eigenvalue weighted by Gasteiger charge is -2.17. The second-order valence-electron chi connectivity index (χ2n) is 7.07. The summed E-state index contributed by atoms with van der Waals surface area (Å²) in [6.45, 7) is 0. The van der Waals surface area contributed by atoms with Crippen molar-refractivity contribution >= 4 is 53.2 Å². The second-order valence-corrected chi connectivity index (χ2v) is 8.29. The molecule has 0 bridgehead atoms. The highest BCUT2D eigenvalue weighted by Crippen LogP contribution is 2.20. The molecule has 2 amide bonds. The van der Waals surface area contributed by atoms with Gasteiger partial charge >= 0.3 is 5.97 Å². The average molecular weight is 533 g/mol. The van der Waals surface area contributed by atoms with Gasteiger partial charge in [-0.1, -0.05) is 11.6 Å². The largest absolute Gasteiger partial charge is 0.478 e. The highest BCUT2D eigenvalue weighted by molar-refractivity contribution is 7.94. The van der Waals surface area contributed by atoms with Crippen LogP contribution >= 0.6 is 23.6 Å². The van der Waals surface area contributed by atoms with Crippen LogP contribution in [-0.2, 0) is 18.8 Å². The number of anilines is 1. The van der Waals surface area contributed by atoms with E-state index in [-0.39, 0.29) is 12.0 Å². The molecule has 0 fully saturated rings. The Balaban J connectivity index is 1.71. The Kier molecular flexibility index (Phi) is 9.94. The minimum Gasteiger partial charge on any atom is -0.478 e. The van der Waals surface area contributed by atoms with Crippen LogP contribution in [0.15, 0.2) is 54.9 Å². The first kappa shape index (κ1) is 26.8. The molecule has 12 nitrogen and oxygen atoms in total. The molecule has 1 atom stereocenters. The van der Waals surface area contributed by atoms with Crippen LogP contribution in [0.2, 0.25) is 5.02 Å². The van der Waals surface area contributed by atoms with Crippen molar-refractivity contribution in [2.75, 3.05) is 18.2 Å². The van der Waals surface area contributed by atoms with Crippen LogP contribution in [0.25, 0.3) is 11.8 Å². The second kappa shape index (κ2) is 13.3. The zero-order valence-electron chi connectivity index (χ0n) is 18.8. The van der Waals surface area contributed by atoms with Gasteiger partial charge in [0.15, 0.2) is 0 Å². The van der Waals surface area contributed by atoms with Gasteiger partial charge in [0.2, 0.25) is 11.8 Å². The number of hydrogen-bond donors (Lipinski definition) is 3. The van der Waals surface area contributed by atoms with Crippen molar-refractivity contribution in [3.63, 3.8) is 0 Å². The summed E-state index contributed by atoms with van der Waals surface area (Å²) in [4.78, 5) is 41.1. The summed E-state index contributed by atoms with van der Waals surface area (Å²) in [6, 6.07) is 9.74. The molecule has 0 aliphatic rings. The lowest BCUT2D eigenvalue weighted by molar-refractivity contribution is -0.160.